The molecule has 4 heteroatoms. The molecule has 0 fully saturated rings. The normalized spacial score (nSPS) is 8.82. The number of nitrogens with two attached hydrogens (primary N) is 1. The molecule has 3 nitrogen and oxygen atoms in total. The fraction of sp³-hybridized carbons (Fsp3) is 0. The number of nitrogens with zero attached hydrogens (tertiary/aromatic N) is 1. The van der Waals surface area contributed by atoms with Gasteiger partial charge >= 0.3 is 0 Å². The Balaban J connectivity index is 3.22. The molecule has 11 heavy (non-hydrogen) atoms. The molecule has 0 amide bonds. The van der Waals surface area contributed by atoms with E-state index < -0.39 is 0 Å². The number of carbonyl (C=O) groups excluding carboxylic acids is 1. The van der Waals surface area contributed by atoms with Gasteiger partial charge in [-0.25, -0.2) is 4.79 Å². The van der Waals surface area contributed by atoms with Crippen LogP contribution in [0.4, 0.5) is 11.4 Å². The molecule has 0 heterocycles. The highest BCUT2D eigenvalue weighted by Gasteiger charge is 1.96. The molecule has 0 aliphatic carbocycles. The molecule has 1 rings (SSSR count). The average molecular weight is 213 g/mol. The second-order valence-corrected chi connectivity index (χ2v) is 2.82. The van der Waals surface area contributed by atoms with Gasteiger partial charge in [0.15, 0.2) is 0 Å². The second-order valence-electron chi connectivity index (χ2n) is 1.91. The van der Waals surface area contributed by atoms with E-state index in [1.807, 2.05) is 0 Å². The van der Waals surface area contributed by atoms with Gasteiger partial charge < -0.3 is 5.73 Å². The molecule has 0 aliphatic heterocycles. The predicted octanol–water partition coefficient (Wildman–Crippen LogP) is 2.00. The zero-order chi connectivity index (χ0) is 8.27. The van der Waals surface area contributed by atoms with Gasteiger partial charge in [0.2, 0.25) is 6.08 Å². The van der Waals surface area contributed by atoms with Crippen LogP contribution < -0.4 is 5.73 Å². The summed E-state index contributed by atoms with van der Waals surface area (Å²) < 4.78 is 0.834. The zero-order valence-electron chi connectivity index (χ0n) is 5.54. The summed E-state index contributed by atoms with van der Waals surface area (Å²) in [5.74, 6) is 0. The van der Waals surface area contributed by atoms with Gasteiger partial charge in [0.25, 0.3) is 0 Å². The number of nitrogen functional groups attached to an aromatic ring is 1. The van der Waals surface area contributed by atoms with E-state index in [9.17, 15) is 4.79 Å². The SMILES string of the molecule is Nc1ccc(Br)cc1N=C=O. The van der Waals surface area contributed by atoms with Crippen molar-refractivity contribution in [2.24, 2.45) is 4.99 Å². The monoisotopic (exact) mass is 212 g/mol. The predicted molar refractivity (Wildman–Crippen MR) is 46.3 cm³/mol. The van der Waals surface area contributed by atoms with Gasteiger partial charge in [0.05, 0.1) is 5.69 Å². The van der Waals surface area contributed by atoms with Crippen molar-refractivity contribution < 1.29 is 4.79 Å². The van der Waals surface area contributed by atoms with E-state index in [2.05, 4.69) is 20.9 Å². The summed E-state index contributed by atoms with van der Waals surface area (Å²) in [4.78, 5) is 13.3. The number of anilines is 1. The number of hydrogen-bond acceptors (Lipinski definition) is 3. The number of rotatable bonds is 1. The van der Waals surface area contributed by atoms with Crippen LogP contribution in [-0.4, -0.2) is 6.08 Å². The van der Waals surface area contributed by atoms with Gasteiger partial charge in [0, 0.05) is 4.47 Å². The molecule has 0 radical (unpaired) electrons. The minimum absolute atomic E-state index is 0.439. The molecule has 0 unspecified atom stereocenters. The van der Waals surface area contributed by atoms with Gasteiger partial charge in [-0.1, -0.05) is 15.9 Å². The smallest absolute Gasteiger partial charge is 0.240 e. The Labute approximate surface area is 72.1 Å². The first-order valence-electron chi connectivity index (χ1n) is 2.87. The van der Waals surface area contributed by atoms with Crippen molar-refractivity contribution in [3.63, 3.8) is 0 Å². The molecule has 0 aromatic heterocycles. The van der Waals surface area contributed by atoms with E-state index in [4.69, 9.17) is 5.73 Å². The van der Waals surface area contributed by atoms with Crippen molar-refractivity contribution >= 4 is 33.4 Å². The lowest BCUT2D eigenvalue weighted by Gasteiger charge is -1.96. The minimum Gasteiger partial charge on any atom is -0.397 e. The highest BCUT2D eigenvalue weighted by atomic mass is 79.9. The van der Waals surface area contributed by atoms with E-state index in [0.717, 1.165) is 4.47 Å². The van der Waals surface area contributed by atoms with Gasteiger partial charge in [-0.15, -0.1) is 0 Å². The Morgan fingerprint density at radius 3 is 2.91 bits per heavy atom. The van der Waals surface area contributed by atoms with Crippen LogP contribution in [0.2, 0.25) is 0 Å². The Bertz CT molecular complexity index is 318. The van der Waals surface area contributed by atoms with Gasteiger partial charge in [-0.3, -0.25) is 0 Å². The number of hydrogen-bond donors (Lipinski definition) is 1. The molecule has 0 bridgehead atoms. The molecular weight excluding hydrogens is 208 g/mol. The molecule has 0 spiro atoms. The maximum atomic E-state index is 9.88. The standard InChI is InChI=1S/C7H5BrN2O/c8-5-1-2-6(9)7(3-5)10-4-11/h1-3H,9H2. The van der Waals surface area contributed by atoms with E-state index in [0.29, 0.717) is 11.4 Å². The largest absolute Gasteiger partial charge is 0.397 e. The zero-order valence-corrected chi connectivity index (χ0v) is 7.13. The molecule has 56 valence electrons. The molecule has 0 aliphatic rings. The Kier molecular flexibility index (Phi) is 2.41. The highest BCUT2D eigenvalue weighted by Crippen LogP contribution is 2.25. The van der Waals surface area contributed by atoms with Crippen LogP contribution in [0.25, 0.3) is 0 Å². The van der Waals surface area contributed by atoms with Crippen LogP contribution in [0, 0.1) is 0 Å². The van der Waals surface area contributed by atoms with Crippen molar-refractivity contribution in [3.05, 3.63) is 22.7 Å². The Morgan fingerprint density at radius 1 is 1.55 bits per heavy atom. The summed E-state index contributed by atoms with van der Waals surface area (Å²) in [6.07, 6.45) is 1.43. The van der Waals surface area contributed by atoms with E-state index in [-0.39, 0.29) is 0 Å². The summed E-state index contributed by atoms with van der Waals surface area (Å²) in [7, 11) is 0. The molecule has 2 N–H and O–H groups in total. The molecule has 1 aromatic carbocycles. The van der Waals surface area contributed by atoms with E-state index >= 15 is 0 Å². The summed E-state index contributed by atoms with van der Waals surface area (Å²) >= 11 is 3.22. The van der Waals surface area contributed by atoms with Crippen molar-refractivity contribution in [2.75, 3.05) is 5.73 Å². The third kappa shape index (κ3) is 1.90. The Hall–Kier alpha value is -1.12. The molecular formula is C7H5BrN2O. The molecule has 0 saturated carbocycles. The van der Waals surface area contributed by atoms with Crippen LogP contribution in [-0.2, 0) is 4.79 Å². The van der Waals surface area contributed by atoms with E-state index in [1.165, 1.54) is 6.08 Å². The van der Waals surface area contributed by atoms with Gasteiger partial charge in [-0.05, 0) is 18.2 Å². The topological polar surface area (TPSA) is 55.4 Å². The van der Waals surface area contributed by atoms with Gasteiger partial charge in [-0.2, -0.15) is 4.99 Å². The third-order valence-electron chi connectivity index (χ3n) is 1.16. The van der Waals surface area contributed by atoms with Gasteiger partial charge in [0.1, 0.15) is 5.69 Å². The Morgan fingerprint density at radius 2 is 2.27 bits per heavy atom. The number of halogens is 1. The first-order chi connectivity index (χ1) is 5.24. The maximum absolute atomic E-state index is 9.88. The van der Waals surface area contributed by atoms with Crippen LogP contribution in [0.15, 0.2) is 27.7 Å². The van der Waals surface area contributed by atoms with Crippen molar-refractivity contribution in [1.29, 1.82) is 0 Å². The summed E-state index contributed by atoms with van der Waals surface area (Å²) in [5.41, 5.74) is 6.39. The van der Waals surface area contributed by atoms with Crippen molar-refractivity contribution in [3.8, 4) is 0 Å². The fourth-order valence-corrected chi connectivity index (χ4v) is 1.01. The number of benzene rings is 1. The highest BCUT2D eigenvalue weighted by molar-refractivity contribution is 9.10. The third-order valence-corrected chi connectivity index (χ3v) is 1.65. The lowest BCUT2D eigenvalue weighted by Crippen LogP contribution is -1.83. The number of isocyanates is 1. The van der Waals surface area contributed by atoms with Crippen molar-refractivity contribution in [1.82, 2.24) is 0 Å². The maximum Gasteiger partial charge on any atom is 0.240 e. The summed E-state index contributed by atoms with van der Waals surface area (Å²) in [5, 5.41) is 0. The average Bonchev–Trinajstić information content (AvgIpc) is 1.98. The molecule has 1 aromatic rings. The first-order valence-corrected chi connectivity index (χ1v) is 3.66. The second kappa shape index (κ2) is 3.32. The molecule has 0 saturated heterocycles. The quantitative estimate of drug-likeness (QED) is 0.440. The van der Waals surface area contributed by atoms with Crippen LogP contribution in [0.3, 0.4) is 0 Å². The first kappa shape index (κ1) is 7.98. The van der Waals surface area contributed by atoms with E-state index in [1.54, 1.807) is 18.2 Å². The summed E-state index contributed by atoms with van der Waals surface area (Å²) in [6, 6.07) is 5.10. The lowest BCUT2D eigenvalue weighted by molar-refractivity contribution is 0.565. The van der Waals surface area contributed by atoms with Crippen LogP contribution >= 0.6 is 15.9 Å². The summed E-state index contributed by atoms with van der Waals surface area (Å²) in [6.45, 7) is 0. The minimum atomic E-state index is 0.439. The molecule has 0 atom stereocenters. The fourth-order valence-electron chi connectivity index (χ4n) is 0.663. The van der Waals surface area contributed by atoms with Crippen LogP contribution in [0.1, 0.15) is 0 Å². The van der Waals surface area contributed by atoms with Crippen LogP contribution in [0.5, 0.6) is 0 Å². The van der Waals surface area contributed by atoms with Crippen molar-refractivity contribution in [2.45, 2.75) is 0 Å². The number of aliphatic imine (C=N–C) groups is 1. The lowest BCUT2D eigenvalue weighted by atomic mass is 10.3.